The molecular weight excluding hydrogens is 475 g/mol. The Bertz CT molecular complexity index is 1460. The number of non-ortho nitro benzene ring substituents is 1. The fourth-order valence-electron chi connectivity index (χ4n) is 2.77. The Morgan fingerprint density at radius 2 is 1.82 bits per heavy atom. The van der Waals surface area contributed by atoms with Gasteiger partial charge in [0.1, 0.15) is 15.9 Å². The number of aryl methyl sites for hydroxylation is 1. The van der Waals surface area contributed by atoms with Gasteiger partial charge in [0.2, 0.25) is 15.7 Å². The lowest BCUT2D eigenvalue weighted by Gasteiger charge is -2.02. The maximum absolute atomic E-state index is 13.1. The van der Waals surface area contributed by atoms with E-state index in [9.17, 15) is 27.7 Å². The Balaban J connectivity index is 1.53. The molecule has 168 valence electrons. The van der Waals surface area contributed by atoms with Gasteiger partial charge in [-0.2, -0.15) is 0 Å². The van der Waals surface area contributed by atoms with E-state index in [0.717, 1.165) is 30.5 Å². The van der Waals surface area contributed by atoms with Crippen LogP contribution in [0.25, 0.3) is 5.69 Å². The second-order valence-corrected chi connectivity index (χ2v) is 9.77. The van der Waals surface area contributed by atoms with Crippen LogP contribution in [0.5, 0.6) is 0 Å². The molecule has 0 aliphatic rings. The molecule has 2 aromatic carbocycles. The molecule has 0 radical (unpaired) electrons. The molecule has 0 spiro atoms. The molecule has 2 heterocycles. The number of hydrogen-bond donors (Lipinski definition) is 1. The molecule has 1 N–H and O–H groups in total. The Kier molecular flexibility index (Phi) is 5.69. The summed E-state index contributed by atoms with van der Waals surface area (Å²) >= 11 is 0.708. The van der Waals surface area contributed by atoms with Crippen molar-refractivity contribution in [2.45, 2.75) is 16.0 Å². The van der Waals surface area contributed by atoms with E-state index in [2.05, 4.69) is 20.4 Å². The summed E-state index contributed by atoms with van der Waals surface area (Å²) in [5.41, 5.74) is 0.264. The van der Waals surface area contributed by atoms with Crippen LogP contribution in [0.2, 0.25) is 0 Å². The number of nitrogens with one attached hydrogen (secondary N) is 1. The summed E-state index contributed by atoms with van der Waals surface area (Å²) in [6.07, 6.45) is 1.08. The predicted molar refractivity (Wildman–Crippen MR) is 115 cm³/mol. The molecule has 0 aliphatic carbocycles. The number of aromatic nitrogens is 4. The number of halogens is 1. The van der Waals surface area contributed by atoms with Crippen LogP contribution in [0.1, 0.15) is 16.4 Å². The van der Waals surface area contributed by atoms with Crippen molar-refractivity contribution >= 4 is 37.9 Å². The van der Waals surface area contributed by atoms with Crippen molar-refractivity contribution in [3.8, 4) is 5.69 Å². The van der Waals surface area contributed by atoms with Crippen molar-refractivity contribution in [2.75, 3.05) is 5.32 Å². The number of nitro groups is 1. The summed E-state index contributed by atoms with van der Waals surface area (Å²) in [6, 6.07) is 9.88. The van der Waals surface area contributed by atoms with E-state index >= 15 is 0 Å². The number of thiazole rings is 1. The average Bonchev–Trinajstić information content (AvgIpc) is 3.41. The highest BCUT2D eigenvalue weighted by atomic mass is 32.2. The van der Waals surface area contributed by atoms with Gasteiger partial charge in [-0.1, -0.05) is 11.3 Å². The lowest BCUT2D eigenvalue weighted by atomic mass is 10.3. The Hall–Kier alpha value is -4.04. The van der Waals surface area contributed by atoms with Crippen molar-refractivity contribution in [2.24, 2.45) is 0 Å². The minimum atomic E-state index is -3.99. The Labute approximate surface area is 189 Å². The van der Waals surface area contributed by atoms with E-state index in [1.54, 1.807) is 6.92 Å². The van der Waals surface area contributed by atoms with Crippen molar-refractivity contribution in [3.63, 3.8) is 0 Å². The average molecular weight is 488 g/mol. The zero-order valence-electron chi connectivity index (χ0n) is 16.7. The molecule has 0 aliphatic heterocycles. The van der Waals surface area contributed by atoms with Crippen LogP contribution in [0.4, 0.5) is 15.2 Å². The van der Waals surface area contributed by atoms with Crippen LogP contribution >= 0.6 is 11.3 Å². The van der Waals surface area contributed by atoms with Crippen molar-refractivity contribution in [1.29, 1.82) is 0 Å². The molecule has 0 fully saturated rings. The first-order valence-corrected chi connectivity index (χ1v) is 11.4. The molecule has 33 heavy (non-hydrogen) atoms. The third-order valence-corrected chi connectivity index (χ3v) is 7.51. The van der Waals surface area contributed by atoms with Crippen LogP contribution in [0.3, 0.4) is 0 Å². The molecule has 0 saturated heterocycles. The van der Waals surface area contributed by atoms with E-state index in [1.165, 1.54) is 28.9 Å². The predicted octanol–water partition coefficient (Wildman–Crippen LogP) is 3.16. The number of nitrogens with zero attached hydrogens (tertiary/aromatic N) is 5. The van der Waals surface area contributed by atoms with Crippen LogP contribution < -0.4 is 5.32 Å². The van der Waals surface area contributed by atoms with E-state index in [-0.39, 0.29) is 25.7 Å². The molecule has 11 nitrogen and oxygen atoms in total. The molecule has 0 atom stereocenters. The zero-order chi connectivity index (χ0) is 23.8. The van der Waals surface area contributed by atoms with Gasteiger partial charge in [-0.25, -0.2) is 27.5 Å². The number of nitro benzene ring substituents is 1. The smallest absolute Gasteiger partial charge is 0.295 e. The second kappa shape index (κ2) is 8.48. The number of carbonyl (C=O) groups is 1. The second-order valence-electron chi connectivity index (χ2n) is 6.56. The van der Waals surface area contributed by atoms with Gasteiger partial charge in [0.25, 0.3) is 11.6 Å². The fraction of sp³-hybridized carbons (Fsp3) is 0.0526. The summed E-state index contributed by atoms with van der Waals surface area (Å²) in [5.74, 6) is -0.940. The molecule has 0 bridgehead atoms. The van der Waals surface area contributed by atoms with Crippen molar-refractivity contribution in [3.05, 3.63) is 82.3 Å². The number of amides is 1. The lowest BCUT2D eigenvalue weighted by molar-refractivity contribution is -0.384. The van der Waals surface area contributed by atoms with Gasteiger partial charge in [0.05, 0.1) is 21.7 Å². The quantitative estimate of drug-likeness (QED) is 0.321. The topological polar surface area (TPSA) is 150 Å². The van der Waals surface area contributed by atoms with E-state index in [1.807, 2.05) is 0 Å². The van der Waals surface area contributed by atoms with Gasteiger partial charge in [0.15, 0.2) is 5.13 Å². The molecule has 2 aromatic heterocycles. The molecule has 4 rings (SSSR count). The molecular formula is C19H13FN6O5S2. The largest absolute Gasteiger partial charge is 0.297 e. The number of rotatable bonds is 6. The third kappa shape index (κ3) is 4.47. The summed E-state index contributed by atoms with van der Waals surface area (Å²) in [4.78, 5) is 30.5. The number of sulfone groups is 1. The summed E-state index contributed by atoms with van der Waals surface area (Å²) < 4.78 is 39.8. The van der Waals surface area contributed by atoms with Crippen molar-refractivity contribution < 1.29 is 22.5 Å². The molecule has 1 amide bonds. The maximum Gasteiger partial charge on any atom is 0.297 e. The molecule has 4 aromatic rings. The van der Waals surface area contributed by atoms with E-state index in [0.29, 0.717) is 22.8 Å². The highest BCUT2D eigenvalue weighted by Crippen LogP contribution is 2.29. The van der Waals surface area contributed by atoms with Crippen LogP contribution in [-0.4, -0.2) is 39.0 Å². The lowest BCUT2D eigenvalue weighted by Crippen LogP contribution is -2.14. The first-order valence-electron chi connectivity index (χ1n) is 9.11. The monoisotopic (exact) mass is 488 g/mol. The number of anilines is 1. The summed E-state index contributed by atoms with van der Waals surface area (Å²) in [5, 5.41) is 17.3. The standard InChI is InChI=1S/C19H13FN6O5S2/c1-11-22-17(24-25(11)13-4-2-12(20)3-5-13)18(27)23-19-21-10-16(32-19)33(30,31)15-8-6-14(7-9-15)26(28)29/h2-10H,1H3,(H,21,23,27). The van der Waals surface area contributed by atoms with E-state index in [4.69, 9.17) is 0 Å². The first kappa shape index (κ1) is 22.2. The summed E-state index contributed by atoms with van der Waals surface area (Å²) in [7, 11) is -3.99. The number of hydrogen-bond acceptors (Lipinski definition) is 9. The van der Waals surface area contributed by atoms with E-state index < -0.39 is 26.5 Å². The van der Waals surface area contributed by atoms with Gasteiger partial charge >= 0.3 is 0 Å². The van der Waals surface area contributed by atoms with Crippen LogP contribution in [-0.2, 0) is 9.84 Å². The Morgan fingerprint density at radius 1 is 1.15 bits per heavy atom. The summed E-state index contributed by atoms with van der Waals surface area (Å²) in [6.45, 7) is 1.62. The van der Waals surface area contributed by atoms with Gasteiger partial charge in [-0.3, -0.25) is 20.2 Å². The number of benzene rings is 2. The van der Waals surface area contributed by atoms with Gasteiger partial charge in [-0.15, -0.1) is 5.10 Å². The number of carbonyl (C=O) groups excluding carboxylic acids is 1. The minimum absolute atomic E-state index is 0.00345. The maximum atomic E-state index is 13.1. The molecule has 0 saturated carbocycles. The van der Waals surface area contributed by atoms with Gasteiger partial charge in [-0.05, 0) is 43.3 Å². The fourth-order valence-corrected chi connectivity index (χ4v) is 5.20. The highest BCUT2D eigenvalue weighted by molar-refractivity contribution is 7.93. The molecule has 0 unspecified atom stereocenters. The van der Waals surface area contributed by atoms with Gasteiger partial charge in [0, 0.05) is 12.1 Å². The van der Waals surface area contributed by atoms with Crippen LogP contribution in [0, 0.1) is 22.9 Å². The first-order chi connectivity index (χ1) is 15.6. The molecule has 14 heteroatoms. The zero-order valence-corrected chi connectivity index (χ0v) is 18.3. The van der Waals surface area contributed by atoms with Crippen molar-refractivity contribution in [1.82, 2.24) is 19.7 Å². The SMILES string of the molecule is Cc1nc(C(=O)Nc2ncc(S(=O)(=O)c3ccc([N+](=O)[O-])cc3)s2)nn1-c1ccc(F)cc1. The van der Waals surface area contributed by atoms with Gasteiger partial charge < -0.3 is 0 Å². The normalized spacial score (nSPS) is 11.3. The Morgan fingerprint density at radius 3 is 2.45 bits per heavy atom. The minimum Gasteiger partial charge on any atom is -0.295 e. The highest BCUT2D eigenvalue weighted by Gasteiger charge is 2.23. The van der Waals surface area contributed by atoms with Crippen LogP contribution in [0.15, 0.2) is 63.8 Å². The third-order valence-electron chi connectivity index (χ3n) is 4.37.